The zero-order valence-electron chi connectivity index (χ0n) is 15.3. The minimum atomic E-state index is 0.200. The Hall–Kier alpha value is -0.790. The summed E-state index contributed by atoms with van der Waals surface area (Å²) in [7, 11) is 0. The molecule has 0 aliphatic carbocycles. The maximum atomic E-state index is 11.5. The van der Waals surface area contributed by atoms with E-state index in [1.807, 2.05) is 4.90 Å². The molecule has 2 nitrogen and oxygen atoms in total. The molecule has 0 atom stereocenters. The molecule has 0 aromatic carbocycles. The Labute approximate surface area is 138 Å². The maximum Gasteiger partial charge on any atom is 0.223 e. The van der Waals surface area contributed by atoms with E-state index in [-0.39, 0.29) is 5.91 Å². The minimum Gasteiger partial charge on any atom is -0.316 e. The van der Waals surface area contributed by atoms with Crippen molar-refractivity contribution in [3.8, 4) is 0 Å². The Kier molecular flexibility index (Phi) is 10.3. The molecule has 0 bridgehead atoms. The van der Waals surface area contributed by atoms with Gasteiger partial charge in [0, 0.05) is 19.2 Å². The van der Waals surface area contributed by atoms with Crippen molar-refractivity contribution in [1.82, 2.24) is 4.90 Å². The molecule has 0 N–H and O–H groups in total. The van der Waals surface area contributed by atoms with Crippen LogP contribution in [-0.4, -0.2) is 17.4 Å². The second-order valence-corrected chi connectivity index (χ2v) is 6.90. The number of nitrogens with zero attached hydrogens (tertiary/aromatic N) is 1. The quantitative estimate of drug-likeness (QED) is 0.392. The van der Waals surface area contributed by atoms with Crippen LogP contribution in [0.1, 0.15) is 104 Å². The third-order valence-electron chi connectivity index (χ3n) is 5.02. The summed E-state index contributed by atoms with van der Waals surface area (Å²) in [6.07, 6.45) is 17.7. The smallest absolute Gasteiger partial charge is 0.223 e. The predicted octanol–water partition coefficient (Wildman–Crippen LogP) is 6.21. The number of hydrogen-bond acceptors (Lipinski definition) is 1. The molecular weight excluding hydrogens is 270 g/mol. The van der Waals surface area contributed by atoms with E-state index in [1.54, 1.807) is 6.92 Å². The Morgan fingerprint density at radius 1 is 0.909 bits per heavy atom. The summed E-state index contributed by atoms with van der Waals surface area (Å²) in [5.74, 6) is 0.200. The molecule has 0 spiro atoms. The van der Waals surface area contributed by atoms with Crippen molar-refractivity contribution in [2.75, 3.05) is 6.54 Å². The van der Waals surface area contributed by atoms with E-state index in [0.717, 1.165) is 13.0 Å². The van der Waals surface area contributed by atoms with Crippen molar-refractivity contribution in [2.24, 2.45) is 0 Å². The lowest BCUT2D eigenvalue weighted by atomic mass is 10.0. The first-order valence-corrected chi connectivity index (χ1v) is 9.63. The fraction of sp³-hybridized carbons (Fsp3) is 0.850. The normalized spacial score (nSPS) is 15.0. The van der Waals surface area contributed by atoms with Crippen LogP contribution in [0.3, 0.4) is 0 Å². The average Bonchev–Trinajstić information content (AvgIpc) is 2.86. The number of amides is 1. The molecule has 1 heterocycles. The Balaban J connectivity index is 1.95. The molecular formula is C20H37NO. The van der Waals surface area contributed by atoms with Gasteiger partial charge in [0.25, 0.3) is 0 Å². The number of rotatable bonds is 12. The molecule has 1 aliphatic rings. The molecule has 22 heavy (non-hydrogen) atoms. The van der Waals surface area contributed by atoms with Gasteiger partial charge in [-0.15, -0.1) is 0 Å². The van der Waals surface area contributed by atoms with E-state index in [0.29, 0.717) is 0 Å². The summed E-state index contributed by atoms with van der Waals surface area (Å²) >= 11 is 0. The molecule has 0 saturated heterocycles. The van der Waals surface area contributed by atoms with Crippen molar-refractivity contribution in [1.29, 1.82) is 0 Å². The van der Waals surface area contributed by atoms with Crippen molar-refractivity contribution in [3.63, 3.8) is 0 Å². The van der Waals surface area contributed by atoms with E-state index >= 15 is 0 Å². The second kappa shape index (κ2) is 11.7. The molecule has 1 aliphatic heterocycles. The minimum absolute atomic E-state index is 0.200. The predicted molar refractivity (Wildman–Crippen MR) is 95.8 cm³/mol. The zero-order chi connectivity index (χ0) is 16.2. The van der Waals surface area contributed by atoms with Crippen LogP contribution in [0.25, 0.3) is 0 Å². The van der Waals surface area contributed by atoms with Gasteiger partial charge in [0.2, 0.25) is 5.91 Å². The van der Waals surface area contributed by atoms with Gasteiger partial charge < -0.3 is 4.90 Å². The molecule has 0 fully saturated rings. The SMILES string of the molecule is CCCCCCCCCCCCCC1=C(C)N(C(C)=O)CC1. The summed E-state index contributed by atoms with van der Waals surface area (Å²) in [5, 5.41) is 0. The van der Waals surface area contributed by atoms with E-state index in [2.05, 4.69) is 13.8 Å². The molecule has 2 heteroatoms. The fourth-order valence-corrected chi connectivity index (χ4v) is 3.49. The highest BCUT2D eigenvalue weighted by Gasteiger charge is 2.20. The number of carbonyl (C=O) groups excluding carboxylic acids is 1. The highest BCUT2D eigenvalue weighted by Crippen LogP contribution is 2.27. The molecule has 1 amide bonds. The molecule has 0 radical (unpaired) electrons. The van der Waals surface area contributed by atoms with Gasteiger partial charge in [-0.1, -0.05) is 71.1 Å². The average molecular weight is 308 g/mol. The fourth-order valence-electron chi connectivity index (χ4n) is 3.49. The number of carbonyl (C=O) groups is 1. The van der Waals surface area contributed by atoms with Gasteiger partial charge >= 0.3 is 0 Å². The monoisotopic (exact) mass is 307 g/mol. The van der Waals surface area contributed by atoms with Crippen molar-refractivity contribution >= 4 is 5.91 Å². The summed E-state index contributed by atoms with van der Waals surface area (Å²) in [6.45, 7) is 6.98. The first kappa shape index (κ1) is 19.3. The first-order valence-electron chi connectivity index (χ1n) is 9.63. The van der Waals surface area contributed by atoms with Crippen LogP contribution in [0.2, 0.25) is 0 Å². The van der Waals surface area contributed by atoms with Crippen LogP contribution in [-0.2, 0) is 4.79 Å². The maximum absolute atomic E-state index is 11.5. The zero-order valence-corrected chi connectivity index (χ0v) is 15.3. The first-order chi connectivity index (χ1) is 10.7. The van der Waals surface area contributed by atoms with Gasteiger partial charge in [0.1, 0.15) is 0 Å². The van der Waals surface area contributed by atoms with Crippen molar-refractivity contribution < 1.29 is 4.79 Å². The van der Waals surface area contributed by atoms with Gasteiger partial charge in [0.05, 0.1) is 0 Å². The summed E-state index contributed by atoms with van der Waals surface area (Å²) < 4.78 is 0. The largest absolute Gasteiger partial charge is 0.316 e. The highest BCUT2D eigenvalue weighted by atomic mass is 16.2. The van der Waals surface area contributed by atoms with Gasteiger partial charge in [0.15, 0.2) is 0 Å². The van der Waals surface area contributed by atoms with Gasteiger partial charge in [-0.25, -0.2) is 0 Å². The summed E-state index contributed by atoms with van der Waals surface area (Å²) in [5.41, 5.74) is 2.76. The van der Waals surface area contributed by atoms with Crippen molar-refractivity contribution in [2.45, 2.75) is 104 Å². The molecule has 128 valence electrons. The lowest BCUT2D eigenvalue weighted by molar-refractivity contribution is -0.126. The Morgan fingerprint density at radius 2 is 1.41 bits per heavy atom. The summed E-state index contributed by atoms with van der Waals surface area (Å²) in [4.78, 5) is 13.4. The van der Waals surface area contributed by atoms with E-state index in [1.165, 1.54) is 88.3 Å². The third kappa shape index (κ3) is 7.47. The van der Waals surface area contributed by atoms with Gasteiger partial charge in [-0.05, 0) is 31.8 Å². The topological polar surface area (TPSA) is 20.3 Å². The molecule has 0 aromatic heterocycles. The van der Waals surface area contributed by atoms with Gasteiger partial charge in [-0.2, -0.15) is 0 Å². The van der Waals surface area contributed by atoms with Crippen LogP contribution < -0.4 is 0 Å². The van der Waals surface area contributed by atoms with Gasteiger partial charge in [-0.3, -0.25) is 4.79 Å². The highest BCUT2D eigenvalue weighted by molar-refractivity contribution is 5.76. The summed E-state index contributed by atoms with van der Waals surface area (Å²) in [6, 6.07) is 0. The second-order valence-electron chi connectivity index (χ2n) is 6.90. The lowest BCUT2D eigenvalue weighted by Crippen LogP contribution is -2.23. The Morgan fingerprint density at radius 3 is 1.86 bits per heavy atom. The third-order valence-corrected chi connectivity index (χ3v) is 5.02. The molecule has 0 saturated carbocycles. The molecule has 0 aromatic rings. The number of hydrogen-bond donors (Lipinski definition) is 0. The van der Waals surface area contributed by atoms with E-state index in [9.17, 15) is 4.79 Å². The van der Waals surface area contributed by atoms with E-state index < -0.39 is 0 Å². The molecule has 1 rings (SSSR count). The van der Waals surface area contributed by atoms with Crippen LogP contribution >= 0.6 is 0 Å². The lowest BCUT2D eigenvalue weighted by Gasteiger charge is -2.15. The van der Waals surface area contributed by atoms with Crippen LogP contribution in [0.5, 0.6) is 0 Å². The van der Waals surface area contributed by atoms with Crippen molar-refractivity contribution in [3.05, 3.63) is 11.3 Å². The number of unbranched alkanes of at least 4 members (excludes halogenated alkanes) is 10. The molecule has 0 unspecified atom stereocenters. The van der Waals surface area contributed by atoms with Crippen LogP contribution in [0.15, 0.2) is 11.3 Å². The Bertz CT molecular complexity index is 346. The number of allylic oxidation sites excluding steroid dienone is 1. The standard InChI is InChI=1S/C20H37NO/c1-4-5-6-7-8-9-10-11-12-13-14-15-20-16-17-21(18(20)2)19(3)22/h4-17H2,1-3H3. The van der Waals surface area contributed by atoms with Crippen LogP contribution in [0.4, 0.5) is 0 Å². The van der Waals surface area contributed by atoms with E-state index in [4.69, 9.17) is 0 Å². The van der Waals surface area contributed by atoms with Crippen LogP contribution in [0, 0.1) is 0 Å².